The maximum absolute atomic E-state index is 13.0. The van der Waals surface area contributed by atoms with Crippen molar-refractivity contribution in [2.75, 3.05) is 10.6 Å². The Morgan fingerprint density at radius 3 is 2.52 bits per heavy atom. The van der Waals surface area contributed by atoms with Crippen LogP contribution in [0, 0.1) is 6.92 Å². The van der Waals surface area contributed by atoms with Crippen molar-refractivity contribution in [3.05, 3.63) is 41.4 Å². The second-order valence-corrected chi connectivity index (χ2v) is 6.04. The number of rotatable bonds is 4. The van der Waals surface area contributed by atoms with Gasteiger partial charge in [-0.15, -0.1) is 0 Å². The molecule has 2 N–H and O–H groups in total. The van der Waals surface area contributed by atoms with E-state index in [1.165, 1.54) is 0 Å². The van der Waals surface area contributed by atoms with E-state index in [4.69, 9.17) is 4.42 Å². The molecule has 3 rings (SSSR count). The molecule has 27 heavy (non-hydrogen) atoms. The van der Waals surface area contributed by atoms with Crippen molar-refractivity contribution >= 4 is 28.8 Å². The van der Waals surface area contributed by atoms with Gasteiger partial charge in [0.1, 0.15) is 11.3 Å². The smallest absolute Gasteiger partial charge is 0.451 e. The molecule has 0 radical (unpaired) electrons. The molecule has 0 saturated carbocycles. The summed E-state index contributed by atoms with van der Waals surface area (Å²) in [5, 5.41) is 5.76. The predicted molar refractivity (Wildman–Crippen MR) is 92.1 cm³/mol. The van der Waals surface area contributed by atoms with Crippen LogP contribution in [-0.2, 0) is 11.0 Å². The number of hydrogen-bond acceptors (Lipinski definition) is 6. The highest BCUT2D eigenvalue weighted by Gasteiger charge is 2.36. The lowest BCUT2D eigenvalue weighted by Crippen LogP contribution is -2.19. The lowest BCUT2D eigenvalue weighted by molar-refractivity contribution is -0.145. The third kappa shape index (κ3) is 4.33. The summed E-state index contributed by atoms with van der Waals surface area (Å²) in [6.07, 6.45) is -4.79. The van der Waals surface area contributed by atoms with Crippen molar-refractivity contribution in [1.82, 2.24) is 15.0 Å². The molecular formula is C17H16F3N5O2. The molecule has 142 valence electrons. The third-order valence-electron chi connectivity index (χ3n) is 3.64. The standard InChI is InChI=1S/C17H16F3N5O2/c1-8-4-5-11-7-12(27-13(11)6-8)9(2)21-15-23-14(17(18,19)20)24-16(25-15)22-10(3)26/h4-7,9H,1-3H3,(H2,21,22,23,24,25,26). The molecular weight excluding hydrogens is 363 g/mol. The second-order valence-electron chi connectivity index (χ2n) is 6.04. The maximum atomic E-state index is 13.0. The minimum atomic E-state index is -4.79. The topological polar surface area (TPSA) is 92.9 Å². The van der Waals surface area contributed by atoms with Crippen molar-refractivity contribution in [2.45, 2.75) is 33.0 Å². The van der Waals surface area contributed by atoms with Gasteiger partial charge in [-0.1, -0.05) is 12.1 Å². The van der Waals surface area contributed by atoms with Gasteiger partial charge in [-0.25, -0.2) is 0 Å². The van der Waals surface area contributed by atoms with Gasteiger partial charge in [0.05, 0.1) is 6.04 Å². The van der Waals surface area contributed by atoms with Gasteiger partial charge >= 0.3 is 6.18 Å². The van der Waals surface area contributed by atoms with Gasteiger partial charge in [-0.05, 0) is 31.5 Å². The highest BCUT2D eigenvalue weighted by atomic mass is 19.4. The summed E-state index contributed by atoms with van der Waals surface area (Å²) in [5.74, 6) is -2.31. The van der Waals surface area contributed by atoms with Crippen molar-refractivity contribution in [2.24, 2.45) is 0 Å². The van der Waals surface area contributed by atoms with Crippen LogP contribution < -0.4 is 10.6 Å². The Morgan fingerprint density at radius 2 is 1.85 bits per heavy atom. The zero-order valence-electron chi connectivity index (χ0n) is 14.7. The fraction of sp³-hybridized carbons (Fsp3) is 0.294. The quantitative estimate of drug-likeness (QED) is 0.710. The zero-order chi connectivity index (χ0) is 19.8. The number of alkyl halides is 3. The van der Waals surface area contributed by atoms with Crippen LogP contribution in [0.5, 0.6) is 0 Å². The Labute approximate surface area is 152 Å². The lowest BCUT2D eigenvalue weighted by Gasteiger charge is -2.14. The van der Waals surface area contributed by atoms with Crippen LogP contribution in [0.3, 0.4) is 0 Å². The molecule has 2 heterocycles. The van der Waals surface area contributed by atoms with Gasteiger partial charge in [0, 0.05) is 12.3 Å². The molecule has 1 aromatic carbocycles. The first-order valence-corrected chi connectivity index (χ1v) is 7.99. The first kappa shape index (κ1) is 18.6. The van der Waals surface area contributed by atoms with Gasteiger partial charge in [-0.3, -0.25) is 10.1 Å². The highest BCUT2D eigenvalue weighted by Crippen LogP contribution is 2.29. The summed E-state index contributed by atoms with van der Waals surface area (Å²) in [6.45, 7) is 4.76. The summed E-state index contributed by atoms with van der Waals surface area (Å²) in [6, 6.07) is 6.95. The molecule has 1 unspecified atom stereocenters. The predicted octanol–water partition coefficient (Wildman–Crippen LogP) is 4.08. The number of fused-ring (bicyclic) bond motifs is 1. The number of furan rings is 1. The first-order valence-electron chi connectivity index (χ1n) is 7.99. The Bertz CT molecular complexity index is 1000. The summed E-state index contributed by atoms with van der Waals surface area (Å²) >= 11 is 0. The number of nitrogens with zero attached hydrogens (tertiary/aromatic N) is 3. The number of halogens is 3. The number of nitrogens with one attached hydrogen (secondary N) is 2. The first-order chi connectivity index (χ1) is 12.6. The summed E-state index contributed by atoms with van der Waals surface area (Å²) in [4.78, 5) is 21.6. The van der Waals surface area contributed by atoms with Crippen molar-refractivity contribution < 1.29 is 22.4 Å². The van der Waals surface area contributed by atoms with E-state index < -0.39 is 29.9 Å². The molecule has 1 atom stereocenters. The summed E-state index contributed by atoms with van der Waals surface area (Å²) in [7, 11) is 0. The second kappa shape index (κ2) is 6.86. The fourth-order valence-electron chi connectivity index (χ4n) is 2.42. The number of hydrogen-bond donors (Lipinski definition) is 2. The van der Waals surface area contributed by atoms with Crippen LogP contribution in [0.4, 0.5) is 25.1 Å². The van der Waals surface area contributed by atoms with Gasteiger partial charge in [0.15, 0.2) is 0 Å². The molecule has 10 heteroatoms. The summed E-state index contributed by atoms with van der Waals surface area (Å²) in [5.41, 5.74) is 1.69. The Kier molecular flexibility index (Phi) is 4.73. The molecule has 0 aliphatic rings. The zero-order valence-corrected chi connectivity index (χ0v) is 14.7. The fourth-order valence-corrected chi connectivity index (χ4v) is 2.42. The van der Waals surface area contributed by atoms with Crippen LogP contribution in [-0.4, -0.2) is 20.9 Å². The van der Waals surface area contributed by atoms with Gasteiger partial charge in [0.2, 0.25) is 23.6 Å². The van der Waals surface area contributed by atoms with Gasteiger partial charge in [-0.2, -0.15) is 28.1 Å². The van der Waals surface area contributed by atoms with Crippen LogP contribution >= 0.6 is 0 Å². The Balaban J connectivity index is 1.91. The van der Waals surface area contributed by atoms with E-state index in [-0.39, 0.29) is 5.95 Å². The normalized spacial score (nSPS) is 12.8. The van der Waals surface area contributed by atoms with E-state index >= 15 is 0 Å². The average Bonchev–Trinajstić information content (AvgIpc) is 2.96. The number of aryl methyl sites for hydroxylation is 1. The minimum Gasteiger partial charge on any atom is -0.459 e. The highest BCUT2D eigenvalue weighted by molar-refractivity contribution is 5.86. The average molecular weight is 379 g/mol. The number of carbonyl (C=O) groups is 1. The largest absolute Gasteiger partial charge is 0.459 e. The molecule has 1 amide bonds. The van der Waals surface area contributed by atoms with Crippen LogP contribution in [0.1, 0.15) is 37.0 Å². The number of carbonyl (C=O) groups excluding carboxylic acids is 1. The number of amides is 1. The molecule has 0 fully saturated rings. The number of anilines is 2. The van der Waals surface area contributed by atoms with Gasteiger partial charge in [0.25, 0.3) is 0 Å². The molecule has 0 spiro atoms. The van der Waals surface area contributed by atoms with Crippen LogP contribution in [0.15, 0.2) is 28.7 Å². The maximum Gasteiger partial charge on any atom is 0.451 e. The van der Waals surface area contributed by atoms with E-state index in [2.05, 4.69) is 25.6 Å². The SMILES string of the molecule is CC(=O)Nc1nc(NC(C)c2cc3ccc(C)cc3o2)nc(C(F)(F)F)n1. The van der Waals surface area contributed by atoms with Crippen LogP contribution in [0.2, 0.25) is 0 Å². The van der Waals surface area contributed by atoms with E-state index in [0.717, 1.165) is 17.9 Å². The van der Waals surface area contributed by atoms with Gasteiger partial charge < -0.3 is 9.73 Å². The molecule has 7 nitrogen and oxygen atoms in total. The van der Waals surface area contributed by atoms with Crippen molar-refractivity contribution in [3.63, 3.8) is 0 Å². The van der Waals surface area contributed by atoms with Crippen molar-refractivity contribution in [3.8, 4) is 0 Å². The third-order valence-corrected chi connectivity index (χ3v) is 3.64. The minimum absolute atomic E-state index is 0.329. The van der Waals surface area contributed by atoms with E-state index in [1.54, 1.807) is 13.0 Å². The molecule has 0 saturated heterocycles. The molecule has 0 bridgehead atoms. The van der Waals surface area contributed by atoms with Crippen molar-refractivity contribution in [1.29, 1.82) is 0 Å². The van der Waals surface area contributed by atoms with E-state index in [1.807, 2.05) is 25.1 Å². The molecule has 0 aliphatic carbocycles. The number of aromatic nitrogens is 3. The van der Waals surface area contributed by atoms with Crippen LogP contribution in [0.25, 0.3) is 11.0 Å². The monoisotopic (exact) mass is 379 g/mol. The van der Waals surface area contributed by atoms with E-state index in [0.29, 0.717) is 11.3 Å². The van der Waals surface area contributed by atoms with E-state index in [9.17, 15) is 18.0 Å². The number of benzene rings is 1. The Morgan fingerprint density at radius 1 is 1.15 bits per heavy atom. The molecule has 2 aromatic heterocycles. The Hall–Kier alpha value is -3.17. The summed E-state index contributed by atoms with van der Waals surface area (Å²) < 4.78 is 44.8. The molecule has 3 aromatic rings. The molecule has 0 aliphatic heterocycles. The lowest BCUT2D eigenvalue weighted by atomic mass is 10.2.